The van der Waals surface area contributed by atoms with Crippen molar-refractivity contribution in [1.82, 2.24) is 0 Å². The summed E-state index contributed by atoms with van der Waals surface area (Å²) in [6, 6.07) is 8.06. The van der Waals surface area contributed by atoms with E-state index in [0.717, 1.165) is 6.07 Å². The van der Waals surface area contributed by atoms with Crippen LogP contribution >= 0.6 is 31.9 Å². The van der Waals surface area contributed by atoms with Gasteiger partial charge in [-0.2, -0.15) is 0 Å². The minimum Gasteiger partial charge on any atom is -0.316 e. The number of benzene rings is 2. The topological polar surface area (TPSA) is 72.2 Å². The van der Waals surface area contributed by atoms with Gasteiger partial charge in [0.15, 0.2) is 0 Å². The van der Waals surface area contributed by atoms with Crippen LogP contribution in [0.4, 0.5) is 15.8 Å². The SMILES string of the molecule is O=C(Nc1ccc(Br)cc1[N+](=O)[O-])c1cc(Br)ccc1F. The molecule has 21 heavy (non-hydrogen) atoms. The predicted molar refractivity (Wildman–Crippen MR) is 82.8 cm³/mol. The number of nitro groups is 1. The molecule has 0 saturated carbocycles. The van der Waals surface area contributed by atoms with E-state index in [-0.39, 0.29) is 16.9 Å². The van der Waals surface area contributed by atoms with Gasteiger partial charge in [0, 0.05) is 15.0 Å². The average Bonchev–Trinajstić information content (AvgIpc) is 2.43. The third-order valence-corrected chi connectivity index (χ3v) is 3.56. The molecule has 0 spiro atoms. The third-order valence-electron chi connectivity index (χ3n) is 2.58. The van der Waals surface area contributed by atoms with Gasteiger partial charge < -0.3 is 5.32 Å². The Hall–Kier alpha value is -1.80. The van der Waals surface area contributed by atoms with Crippen LogP contribution in [0.1, 0.15) is 10.4 Å². The van der Waals surface area contributed by atoms with E-state index in [1.165, 1.54) is 24.3 Å². The standard InChI is InChI=1S/C13H7Br2FN2O3/c14-7-1-3-10(16)9(5-7)13(19)17-11-4-2-8(15)6-12(11)18(20)21/h1-6H,(H,17,19). The lowest BCUT2D eigenvalue weighted by Gasteiger charge is -2.07. The monoisotopic (exact) mass is 416 g/mol. The second kappa shape index (κ2) is 6.31. The van der Waals surface area contributed by atoms with Crippen LogP contribution in [-0.4, -0.2) is 10.8 Å². The molecule has 0 atom stereocenters. The first-order valence-electron chi connectivity index (χ1n) is 5.59. The van der Waals surface area contributed by atoms with Gasteiger partial charge in [-0.25, -0.2) is 4.39 Å². The molecule has 2 aromatic carbocycles. The van der Waals surface area contributed by atoms with E-state index >= 15 is 0 Å². The van der Waals surface area contributed by atoms with E-state index in [0.29, 0.717) is 8.95 Å². The highest BCUT2D eigenvalue weighted by Crippen LogP contribution is 2.28. The van der Waals surface area contributed by atoms with Crippen LogP contribution < -0.4 is 5.32 Å². The first-order chi connectivity index (χ1) is 9.88. The largest absolute Gasteiger partial charge is 0.316 e. The van der Waals surface area contributed by atoms with E-state index in [4.69, 9.17) is 0 Å². The Labute approximate surface area is 135 Å². The Balaban J connectivity index is 2.36. The zero-order valence-electron chi connectivity index (χ0n) is 10.3. The molecule has 2 rings (SSSR count). The lowest BCUT2D eigenvalue weighted by Crippen LogP contribution is -2.14. The first kappa shape index (κ1) is 15.6. The number of nitrogens with one attached hydrogen (secondary N) is 1. The summed E-state index contributed by atoms with van der Waals surface area (Å²) in [6.07, 6.45) is 0. The number of anilines is 1. The molecule has 5 nitrogen and oxygen atoms in total. The van der Waals surface area contributed by atoms with Crippen LogP contribution in [0.25, 0.3) is 0 Å². The van der Waals surface area contributed by atoms with Gasteiger partial charge in [-0.1, -0.05) is 31.9 Å². The van der Waals surface area contributed by atoms with Crippen molar-refractivity contribution in [2.75, 3.05) is 5.32 Å². The number of carbonyl (C=O) groups excluding carboxylic acids is 1. The van der Waals surface area contributed by atoms with Crippen LogP contribution in [0.15, 0.2) is 45.3 Å². The summed E-state index contributed by atoms with van der Waals surface area (Å²) in [5.41, 5.74) is -0.498. The molecular weight excluding hydrogens is 411 g/mol. The third kappa shape index (κ3) is 3.64. The number of nitro benzene ring substituents is 1. The quantitative estimate of drug-likeness (QED) is 0.589. The summed E-state index contributed by atoms with van der Waals surface area (Å²) in [5, 5.41) is 13.3. The smallest absolute Gasteiger partial charge is 0.293 e. The Kier molecular flexibility index (Phi) is 4.69. The molecule has 0 aliphatic carbocycles. The Morgan fingerprint density at radius 1 is 1.14 bits per heavy atom. The lowest BCUT2D eigenvalue weighted by molar-refractivity contribution is -0.384. The maximum atomic E-state index is 13.6. The normalized spacial score (nSPS) is 10.2. The van der Waals surface area contributed by atoms with Crippen molar-refractivity contribution in [1.29, 1.82) is 0 Å². The molecule has 8 heteroatoms. The van der Waals surface area contributed by atoms with Gasteiger partial charge in [0.1, 0.15) is 11.5 Å². The zero-order chi connectivity index (χ0) is 15.6. The Morgan fingerprint density at radius 3 is 2.43 bits per heavy atom. The number of carbonyl (C=O) groups is 1. The van der Waals surface area contributed by atoms with Crippen molar-refractivity contribution in [2.24, 2.45) is 0 Å². The van der Waals surface area contributed by atoms with Gasteiger partial charge in [0.25, 0.3) is 11.6 Å². The molecule has 108 valence electrons. The van der Waals surface area contributed by atoms with Crippen molar-refractivity contribution in [3.63, 3.8) is 0 Å². The summed E-state index contributed by atoms with van der Waals surface area (Å²) in [5.74, 6) is -1.48. The summed E-state index contributed by atoms with van der Waals surface area (Å²) >= 11 is 6.25. The van der Waals surface area contributed by atoms with Crippen molar-refractivity contribution in [3.8, 4) is 0 Å². The predicted octanol–water partition coefficient (Wildman–Crippen LogP) is 4.51. The Morgan fingerprint density at radius 2 is 1.76 bits per heavy atom. The molecule has 0 unspecified atom stereocenters. The average molecular weight is 418 g/mol. The highest BCUT2D eigenvalue weighted by molar-refractivity contribution is 9.10. The second-order valence-electron chi connectivity index (χ2n) is 4.00. The van der Waals surface area contributed by atoms with Crippen LogP contribution in [0.5, 0.6) is 0 Å². The highest BCUT2D eigenvalue weighted by atomic mass is 79.9. The van der Waals surface area contributed by atoms with Gasteiger partial charge in [-0.15, -0.1) is 0 Å². The van der Waals surface area contributed by atoms with Crippen LogP contribution in [-0.2, 0) is 0 Å². The van der Waals surface area contributed by atoms with E-state index in [1.54, 1.807) is 6.07 Å². The van der Waals surface area contributed by atoms with E-state index in [1.807, 2.05) is 0 Å². The van der Waals surface area contributed by atoms with Crippen LogP contribution in [0, 0.1) is 15.9 Å². The Bertz CT molecular complexity index is 737. The lowest BCUT2D eigenvalue weighted by atomic mass is 10.2. The fourth-order valence-corrected chi connectivity index (χ4v) is 2.33. The van der Waals surface area contributed by atoms with Crippen molar-refractivity contribution in [3.05, 3.63) is 66.8 Å². The first-order valence-corrected chi connectivity index (χ1v) is 7.17. The van der Waals surface area contributed by atoms with Gasteiger partial charge in [-0.05, 0) is 30.3 Å². The summed E-state index contributed by atoms with van der Waals surface area (Å²) in [7, 11) is 0. The maximum Gasteiger partial charge on any atom is 0.293 e. The number of hydrogen-bond acceptors (Lipinski definition) is 3. The number of amides is 1. The molecule has 0 radical (unpaired) electrons. The van der Waals surface area contributed by atoms with Crippen LogP contribution in [0.3, 0.4) is 0 Å². The van der Waals surface area contributed by atoms with E-state index in [9.17, 15) is 19.3 Å². The molecule has 2 aromatic rings. The summed E-state index contributed by atoms with van der Waals surface area (Å²) in [6.45, 7) is 0. The van der Waals surface area contributed by atoms with Gasteiger partial charge in [0.05, 0.1) is 10.5 Å². The molecule has 0 saturated heterocycles. The number of halogens is 3. The fourth-order valence-electron chi connectivity index (χ4n) is 1.62. The molecule has 0 aliphatic heterocycles. The number of rotatable bonds is 3. The molecule has 0 bridgehead atoms. The van der Waals surface area contributed by atoms with Crippen molar-refractivity contribution < 1.29 is 14.1 Å². The molecule has 0 aliphatic rings. The molecule has 1 N–H and O–H groups in total. The summed E-state index contributed by atoms with van der Waals surface area (Å²) < 4.78 is 14.7. The molecule has 0 fully saturated rings. The van der Waals surface area contributed by atoms with Gasteiger partial charge >= 0.3 is 0 Å². The maximum absolute atomic E-state index is 13.6. The van der Waals surface area contributed by atoms with Crippen molar-refractivity contribution in [2.45, 2.75) is 0 Å². The fraction of sp³-hybridized carbons (Fsp3) is 0. The number of nitrogens with zero attached hydrogens (tertiary/aromatic N) is 1. The highest BCUT2D eigenvalue weighted by Gasteiger charge is 2.19. The second-order valence-corrected chi connectivity index (χ2v) is 5.83. The summed E-state index contributed by atoms with van der Waals surface area (Å²) in [4.78, 5) is 22.4. The van der Waals surface area contributed by atoms with E-state index < -0.39 is 16.6 Å². The van der Waals surface area contributed by atoms with Gasteiger partial charge in [-0.3, -0.25) is 14.9 Å². The van der Waals surface area contributed by atoms with Gasteiger partial charge in [0.2, 0.25) is 0 Å². The molecule has 1 amide bonds. The van der Waals surface area contributed by atoms with E-state index in [2.05, 4.69) is 37.2 Å². The molecule has 0 heterocycles. The molecule has 0 aromatic heterocycles. The van der Waals surface area contributed by atoms with Crippen LogP contribution in [0.2, 0.25) is 0 Å². The molecular formula is C13H7Br2FN2O3. The minimum atomic E-state index is -0.765. The minimum absolute atomic E-state index is 0.00687. The zero-order valence-corrected chi connectivity index (χ0v) is 13.4. The van der Waals surface area contributed by atoms with Crippen molar-refractivity contribution >= 4 is 49.1 Å². The number of hydrogen-bond donors (Lipinski definition) is 1.